The van der Waals surface area contributed by atoms with E-state index in [2.05, 4.69) is 4.98 Å². The molecular weight excluding hydrogens is 179 g/mol. The van der Waals surface area contributed by atoms with E-state index >= 15 is 0 Å². The summed E-state index contributed by atoms with van der Waals surface area (Å²) < 4.78 is 36.2. The van der Waals surface area contributed by atoms with Crippen molar-refractivity contribution in [1.82, 2.24) is 4.98 Å². The maximum absolute atomic E-state index is 12.4. The summed E-state index contributed by atoms with van der Waals surface area (Å²) in [6.45, 7) is 0. The summed E-state index contributed by atoms with van der Waals surface area (Å²) in [5, 5.41) is -0.137. The minimum Gasteiger partial charge on any atom is -0.241 e. The second-order valence-corrected chi connectivity index (χ2v) is 2.22. The number of rotatable bonds is 1. The highest BCUT2D eigenvalue weighted by atomic mass is 35.5. The molecule has 0 aliphatic carbocycles. The number of aromatic nitrogens is 1. The van der Waals surface area contributed by atoms with Crippen LogP contribution in [-0.2, 0) is 0 Å². The van der Waals surface area contributed by atoms with Crippen LogP contribution in [0, 0.1) is 5.82 Å². The predicted octanol–water partition coefficient (Wildman–Crippen LogP) is 2.81. The molecule has 0 aliphatic heterocycles. The van der Waals surface area contributed by atoms with Gasteiger partial charge in [-0.25, -0.2) is 18.2 Å². The molecule has 0 spiro atoms. The van der Waals surface area contributed by atoms with Gasteiger partial charge in [0.1, 0.15) is 11.0 Å². The average molecular weight is 182 g/mol. The van der Waals surface area contributed by atoms with Crippen LogP contribution in [0.15, 0.2) is 12.3 Å². The highest BCUT2D eigenvalue weighted by Gasteiger charge is 2.13. The van der Waals surface area contributed by atoms with Crippen LogP contribution in [-0.4, -0.2) is 4.98 Å². The zero-order chi connectivity index (χ0) is 8.43. The van der Waals surface area contributed by atoms with E-state index in [1.165, 1.54) is 0 Å². The fourth-order valence-corrected chi connectivity index (χ4v) is 0.761. The molecule has 0 aliphatic rings. The third kappa shape index (κ3) is 1.83. The smallest absolute Gasteiger partial charge is 0.241 e. The van der Waals surface area contributed by atoms with Gasteiger partial charge in [0.15, 0.2) is 0 Å². The highest BCUT2D eigenvalue weighted by molar-refractivity contribution is 6.29. The van der Waals surface area contributed by atoms with E-state index in [1.54, 1.807) is 0 Å². The summed E-state index contributed by atoms with van der Waals surface area (Å²) in [6, 6.07) is 0.807. The Morgan fingerprint density at radius 2 is 2.09 bits per heavy atom. The predicted molar refractivity (Wildman–Crippen MR) is 34.2 cm³/mol. The van der Waals surface area contributed by atoms with Gasteiger partial charge < -0.3 is 0 Å². The van der Waals surface area contributed by atoms with Crippen molar-refractivity contribution in [2.24, 2.45) is 0 Å². The Balaban J connectivity index is 3.13. The third-order valence-electron chi connectivity index (χ3n) is 1.09. The molecule has 11 heavy (non-hydrogen) atoms. The van der Waals surface area contributed by atoms with Crippen molar-refractivity contribution in [2.45, 2.75) is 6.43 Å². The largest absolute Gasteiger partial charge is 0.266 e. The lowest BCUT2D eigenvalue weighted by atomic mass is 10.3. The fourth-order valence-electron chi connectivity index (χ4n) is 0.595. The van der Waals surface area contributed by atoms with Crippen molar-refractivity contribution in [3.05, 3.63) is 28.8 Å². The van der Waals surface area contributed by atoms with E-state index in [0.717, 1.165) is 6.07 Å². The minimum atomic E-state index is -2.85. The lowest BCUT2D eigenvalue weighted by Gasteiger charge is -1.99. The van der Waals surface area contributed by atoms with Crippen LogP contribution < -0.4 is 0 Å². The number of hydrogen-bond acceptors (Lipinski definition) is 1. The normalized spacial score (nSPS) is 10.6. The summed E-state index contributed by atoms with van der Waals surface area (Å²) in [5.41, 5.74) is -0.718. The number of hydrogen-bond donors (Lipinski definition) is 0. The van der Waals surface area contributed by atoms with Gasteiger partial charge in [0, 0.05) is 0 Å². The van der Waals surface area contributed by atoms with Gasteiger partial charge in [0.25, 0.3) is 6.43 Å². The van der Waals surface area contributed by atoms with E-state index in [1.807, 2.05) is 0 Å². The van der Waals surface area contributed by atoms with Crippen LogP contribution in [0.25, 0.3) is 0 Å². The van der Waals surface area contributed by atoms with Crippen molar-refractivity contribution >= 4 is 11.6 Å². The molecule has 0 radical (unpaired) electrons. The summed E-state index contributed by atoms with van der Waals surface area (Å²) in [7, 11) is 0. The summed E-state index contributed by atoms with van der Waals surface area (Å²) >= 11 is 5.25. The van der Waals surface area contributed by atoms with Gasteiger partial charge in [-0.15, -0.1) is 0 Å². The van der Waals surface area contributed by atoms with Gasteiger partial charge >= 0.3 is 0 Å². The molecule has 0 atom stereocenters. The van der Waals surface area contributed by atoms with Gasteiger partial charge in [0.2, 0.25) is 0 Å². The molecule has 0 unspecified atom stereocenters. The maximum atomic E-state index is 12.4. The molecule has 60 valence electrons. The zero-order valence-corrected chi connectivity index (χ0v) is 5.95. The SMILES string of the molecule is Fc1cnc(Cl)cc1C(F)F. The molecule has 0 fully saturated rings. The van der Waals surface area contributed by atoms with Gasteiger partial charge in [-0.1, -0.05) is 11.6 Å². The minimum absolute atomic E-state index is 0.137. The van der Waals surface area contributed by atoms with Crippen LogP contribution in [0.5, 0.6) is 0 Å². The Bertz CT molecular complexity index is 264. The molecular formula is C6H3ClF3N. The van der Waals surface area contributed by atoms with Crippen molar-refractivity contribution in [2.75, 3.05) is 0 Å². The van der Waals surface area contributed by atoms with E-state index in [9.17, 15) is 13.2 Å². The first-order valence-electron chi connectivity index (χ1n) is 2.70. The van der Waals surface area contributed by atoms with Gasteiger partial charge in [-0.3, -0.25) is 0 Å². The molecule has 5 heteroatoms. The van der Waals surface area contributed by atoms with Gasteiger partial charge in [-0.2, -0.15) is 0 Å². The molecule has 0 bridgehead atoms. The van der Waals surface area contributed by atoms with E-state index < -0.39 is 17.8 Å². The third-order valence-corrected chi connectivity index (χ3v) is 1.29. The summed E-state index contributed by atoms with van der Waals surface area (Å²) in [5.74, 6) is -1.04. The standard InChI is InChI=1S/C6H3ClF3N/c7-5-1-3(6(9)10)4(8)2-11-5/h1-2,6H. The van der Waals surface area contributed by atoms with Crippen molar-refractivity contribution in [1.29, 1.82) is 0 Å². The molecule has 0 amide bonds. The number of halogens is 4. The zero-order valence-electron chi connectivity index (χ0n) is 5.19. The number of pyridine rings is 1. The van der Waals surface area contributed by atoms with Crippen LogP contribution in [0.3, 0.4) is 0 Å². The Morgan fingerprint density at radius 3 is 2.55 bits per heavy atom. The quantitative estimate of drug-likeness (QED) is 0.607. The van der Waals surface area contributed by atoms with E-state index in [4.69, 9.17) is 11.6 Å². The summed E-state index contributed by atoms with van der Waals surface area (Å²) in [4.78, 5) is 3.28. The summed E-state index contributed by atoms with van der Waals surface area (Å²) in [6.07, 6.45) is -2.18. The average Bonchev–Trinajstić information content (AvgIpc) is 1.94. The molecule has 1 heterocycles. The molecule has 0 aromatic carbocycles. The van der Waals surface area contributed by atoms with Crippen LogP contribution >= 0.6 is 11.6 Å². The molecule has 1 aromatic heterocycles. The van der Waals surface area contributed by atoms with Crippen LogP contribution in [0.4, 0.5) is 13.2 Å². The number of alkyl halides is 2. The first-order chi connectivity index (χ1) is 5.11. The highest BCUT2D eigenvalue weighted by Crippen LogP contribution is 2.23. The maximum Gasteiger partial charge on any atom is 0.266 e. The second kappa shape index (κ2) is 3.09. The molecule has 0 saturated heterocycles. The van der Waals surface area contributed by atoms with Crippen LogP contribution in [0.1, 0.15) is 12.0 Å². The second-order valence-electron chi connectivity index (χ2n) is 1.83. The first-order valence-corrected chi connectivity index (χ1v) is 3.08. The van der Waals surface area contributed by atoms with Crippen LogP contribution in [0.2, 0.25) is 5.15 Å². The Kier molecular flexibility index (Phi) is 2.34. The van der Waals surface area contributed by atoms with E-state index in [-0.39, 0.29) is 5.15 Å². The van der Waals surface area contributed by atoms with E-state index in [0.29, 0.717) is 6.20 Å². The van der Waals surface area contributed by atoms with Crippen molar-refractivity contribution < 1.29 is 13.2 Å². The molecule has 0 saturated carbocycles. The van der Waals surface area contributed by atoms with Crippen molar-refractivity contribution in [3.63, 3.8) is 0 Å². The fraction of sp³-hybridized carbons (Fsp3) is 0.167. The van der Waals surface area contributed by atoms with Gasteiger partial charge in [0.05, 0.1) is 11.8 Å². The van der Waals surface area contributed by atoms with Crippen molar-refractivity contribution in [3.8, 4) is 0 Å². The Morgan fingerprint density at radius 1 is 1.45 bits per heavy atom. The number of nitrogens with zero attached hydrogens (tertiary/aromatic N) is 1. The lowest BCUT2D eigenvalue weighted by molar-refractivity contribution is 0.146. The molecule has 1 rings (SSSR count). The molecule has 1 aromatic rings. The molecule has 0 N–H and O–H groups in total. The topological polar surface area (TPSA) is 12.9 Å². The Hall–Kier alpha value is -0.770. The van der Waals surface area contributed by atoms with Gasteiger partial charge in [-0.05, 0) is 6.07 Å². The monoisotopic (exact) mass is 181 g/mol. The molecule has 1 nitrogen and oxygen atoms in total. The first kappa shape index (κ1) is 8.33. The lowest BCUT2D eigenvalue weighted by Crippen LogP contribution is -1.91. The Labute approximate surface area is 65.8 Å².